The summed E-state index contributed by atoms with van der Waals surface area (Å²) in [6, 6.07) is 3.74. The lowest BCUT2D eigenvalue weighted by molar-refractivity contribution is 0.0934. The second-order valence-corrected chi connectivity index (χ2v) is 7.86. The van der Waals surface area contributed by atoms with Crippen LogP contribution in [0.3, 0.4) is 0 Å². The fraction of sp³-hybridized carbons (Fsp3) is 0.500. The smallest absolute Gasteiger partial charge is 0.345 e. The number of pyridine rings is 1. The predicted molar refractivity (Wildman–Crippen MR) is 106 cm³/mol. The van der Waals surface area contributed by atoms with E-state index in [4.69, 9.17) is 0 Å². The van der Waals surface area contributed by atoms with Crippen LogP contribution >= 0.6 is 0 Å². The average molecular weight is 382 g/mol. The van der Waals surface area contributed by atoms with E-state index >= 15 is 0 Å². The summed E-state index contributed by atoms with van der Waals surface area (Å²) >= 11 is 0. The molecule has 0 fully saturated rings. The van der Waals surface area contributed by atoms with E-state index in [2.05, 4.69) is 34.2 Å². The van der Waals surface area contributed by atoms with Gasteiger partial charge in [0, 0.05) is 37.9 Å². The molecule has 0 saturated heterocycles. The first-order valence-electron chi connectivity index (χ1n) is 9.92. The van der Waals surface area contributed by atoms with Gasteiger partial charge in [0.05, 0.1) is 11.1 Å². The highest BCUT2D eigenvalue weighted by atomic mass is 16.2. The Morgan fingerprint density at radius 2 is 2.25 bits per heavy atom. The highest BCUT2D eigenvalue weighted by Crippen LogP contribution is 2.17. The molecule has 3 aromatic rings. The number of hydrogen-bond acceptors (Lipinski definition) is 4. The Morgan fingerprint density at radius 3 is 3.07 bits per heavy atom. The number of rotatable bonds is 5. The highest BCUT2D eigenvalue weighted by molar-refractivity contribution is 6.05. The van der Waals surface area contributed by atoms with Gasteiger partial charge in [-0.1, -0.05) is 13.8 Å². The maximum absolute atomic E-state index is 12.7. The van der Waals surface area contributed by atoms with Gasteiger partial charge in [-0.3, -0.25) is 14.3 Å². The third kappa shape index (κ3) is 3.58. The van der Waals surface area contributed by atoms with E-state index in [0.29, 0.717) is 42.9 Å². The number of aryl methyl sites for hydroxylation is 2. The van der Waals surface area contributed by atoms with Crippen molar-refractivity contribution in [2.45, 2.75) is 58.7 Å². The molecule has 0 radical (unpaired) electrons. The first-order chi connectivity index (χ1) is 13.5. The van der Waals surface area contributed by atoms with Gasteiger partial charge in [0.15, 0.2) is 0 Å². The van der Waals surface area contributed by atoms with Crippen LogP contribution in [0.1, 0.15) is 49.3 Å². The number of amides is 1. The van der Waals surface area contributed by atoms with Crippen LogP contribution in [0.2, 0.25) is 0 Å². The number of hydrogen-bond donors (Lipinski definition) is 2. The van der Waals surface area contributed by atoms with Crippen LogP contribution < -0.4 is 11.0 Å². The zero-order chi connectivity index (χ0) is 19.7. The largest absolute Gasteiger partial charge is 0.359 e. The van der Waals surface area contributed by atoms with Crippen molar-refractivity contribution in [3.63, 3.8) is 0 Å². The Balaban J connectivity index is 1.43. The van der Waals surface area contributed by atoms with E-state index in [9.17, 15) is 9.59 Å². The summed E-state index contributed by atoms with van der Waals surface area (Å²) in [4.78, 5) is 32.7. The van der Waals surface area contributed by atoms with Crippen LogP contribution in [0, 0.1) is 5.92 Å². The van der Waals surface area contributed by atoms with Crippen LogP contribution in [0.15, 0.2) is 29.3 Å². The van der Waals surface area contributed by atoms with Crippen molar-refractivity contribution in [2.75, 3.05) is 0 Å². The standard InChI is InChI=1S/C20H26N6O2/c1-13(2)7-11-26-20(28)25-10-8-14(5-6-17(25)24-26)23-19(27)15-12-22-16-4-3-9-21-18(15)16/h3-4,9,12-14,22H,5-8,10-11H2,1-2H3,(H,23,27). The van der Waals surface area contributed by atoms with E-state index < -0.39 is 0 Å². The Morgan fingerprint density at radius 1 is 1.39 bits per heavy atom. The second-order valence-electron chi connectivity index (χ2n) is 7.86. The van der Waals surface area contributed by atoms with Gasteiger partial charge in [0.25, 0.3) is 5.91 Å². The molecular formula is C20H26N6O2. The minimum atomic E-state index is -0.135. The molecule has 1 aliphatic heterocycles. The molecule has 1 aliphatic rings. The number of nitrogens with zero attached hydrogens (tertiary/aromatic N) is 4. The quantitative estimate of drug-likeness (QED) is 0.706. The lowest BCUT2D eigenvalue weighted by atomic mass is 10.1. The van der Waals surface area contributed by atoms with Gasteiger partial charge in [0.1, 0.15) is 11.3 Å². The van der Waals surface area contributed by atoms with Crippen molar-refractivity contribution in [3.05, 3.63) is 46.4 Å². The van der Waals surface area contributed by atoms with Gasteiger partial charge in [-0.25, -0.2) is 9.48 Å². The van der Waals surface area contributed by atoms with Crippen molar-refractivity contribution in [1.82, 2.24) is 29.6 Å². The summed E-state index contributed by atoms with van der Waals surface area (Å²) in [5, 5.41) is 7.63. The molecule has 1 amide bonds. The maximum atomic E-state index is 12.7. The van der Waals surface area contributed by atoms with Crippen LogP contribution in [0.25, 0.3) is 11.0 Å². The summed E-state index contributed by atoms with van der Waals surface area (Å²) in [6.45, 7) is 5.52. The zero-order valence-electron chi connectivity index (χ0n) is 16.3. The van der Waals surface area contributed by atoms with Gasteiger partial charge >= 0.3 is 5.69 Å². The number of fused-ring (bicyclic) bond motifs is 2. The van der Waals surface area contributed by atoms with E-state index in [1.165, 1.54) is 0 Å². The number of H-pyrrole nitrogens is 1. The number of carbonyl (C=O) groups is 1. The Kier molecular flexibility index (Phi) is 5.02. The van der Waals surface area contributed by atoms with E-state index in [1.54, 1.807) is 21.6 Å². The Hall–Kier alpha value is -2.90. The topological polar surface area (TPSA) is 97.6 Å². The first kappa shape index (κ1) is 18.5. The maximum Gasteiger partial charge on any atom is 0.345 e. The average Bonchev–Trinajstić information content (AvgIpc) is 3.17. The van der Waals surface area contributed by atoms with E-state index in [-0.39, 0.29) is 17.6 Å². The molecule has 0 aliphatic carbocycles. The number of aromatic amines is 1. The fourth-order valence-corrected chi connectivity index (χ4v) is 3.69. The third-order valence-corrected chi connectivity index (χ3v) is 5.35. The molecule has 2 N–H and O–H groups in total. The monoisotopic (exact) mass is 382 g/mol. The van der Waals surface area contributed by atoms with Crippen molar-refractivity contribution < 1.29 is 4.79 Å². The molecule has 148 valence electrons. The summed E-state index contributed by atoms with van der Waals surface area (Å²) < 4.78 is 3.35. The molecule has 8 nitrogen and oxygen atoms in total. The van der Waals surface area contributed by atoms with Crippen molar-refractivity contribution in [2.24, 2.45) is 5.92 Å². The molecular weight excluding hydrogens is 356 g/mol. The fourth-order valence-electron chi connectivity index (χ4n) is 3.69. The molecule has 0 bridgehead atoms. The van der Waals surface area contributed by atoms with E-state index in [0.717, 1.165) is 24.2 Å². The van der Waals surface area contributed by atoms with Crippen molar-refractivity contribution in [1.29, 1.82) is 0 Å². The second kappa shape index (κ2) is 7.61. The summed E-state index contributed by atoms with van der Waals surface area (Å²) in [7, 11) is 0. The zero-order valence-corrected chi connectivity index (χ0v) is 16.3. The molecule has 0 aromatic carbocycles. The van der Waals surface area contributed by atoms with Crippen LogP contribution in [-0.4, -0.2) is 36.3 Å². The predicted octanol–water partition coefficient (Wildman–Crippen LogP) is 2.10. The number of carbonyl (C=O) groups excluding carboxylic acids is 1. The molecule has 28 heavy (non-hydrogen) atoms. The van der Waals surface area contributed by atoms with Crippen molar-refractivity contribution >= 4 is 16.9 Å². The normalized spacial score (nSPS) is 16.9. The first-order valence-corrected chi connectivity index (χ1v) is 9.92. The van der Waals surface area contributed by atoms with Crippen LogP contribution in [-0.2, 0) is 19.5 Å². The molecule has 1 unspecified atom stereocenters. The molecule has 0 saturated carbocycles. The Labute approximate surface area is 163 Å². The molecule has 4 heterocycles. The summed E-state index contributed by atoms with van der Waals surface area (Å²) in [6.07, 6.45) is 6.48. The third-order valence-electron chi connectivity index (χ3n) is 5.35. The lowest BCUT2D eigenvalue weighted by Crippen LogP contribution is -2.35. The minimum absolute atomic E-state index is 0.00590. The SMILES string of the molecule is CC(C)CCn1nc2n(c1=O)CCC(NC(=O)c1c[nH]c3cccnc13)CC2. The minimum Gasteiger partial charge on any atom is -0.359 e. The summed E-state index contributed by atoms with van der Waals surface area (Å²) in [5.41, 5.74) is 2.03. The summed E-state index contributed by atoms with van der Waals surface area (Å²) in [5.74, 6) is 1.22. The van der Waals surface area contributed by atoms with Crippen LogP contribution in [0.5, 0.6) is 0 Å². The van der Waals surface area contributed by atoms with Gasteiger partial charge in [0.2, 0.25) is 0 Å². The molecule has 0 spiro atoms. The molecule has 3 aromatic heterocycles. The van der Waals surface area contributed by atoms with Gasteiger partial charge in [-0.05, 0) is 37.3 Å². The molecule has 8 heteroatoms. The highest BCUT2D eigenvalue weighted by Gasteiger charge is 2.23. The van der Waals surface area contributed by atoms with Gasteiger partial charge < -0.3 is 10.3 Å². The van der Waals surface area contributed by atoms with Gasteiger partial charge in [-0.2, -0.15) is 5.10 Å². The van der Waals surface area contributed by atoms with Crippen molar-refractivity contribution in [3.8, 4) is 0 Å². The van der Waals surface area contributed by atoms with Crippen LogP contribution in [0.4, 0.5) is 0 Å². The Bertz CT molecular complexity index is 1040. The van der Waals surface area contributed by atoms with E-state index in [1.807, 2.05) is 12.1 Å². The molecule has 4 rings (SSSR count). The number of nitrogens with one attached hydrogen (secondary N) is 2. The molecule has 1 atom stereocenters. The number of aromatic nitrogens is 5. The lowest BCUT2D eigenvalue weighted by Gasteiger charge is -2.15. The van der Waals surface area contributed by atoms with Gasteiger partial charge in [-0.15, -0.1) is 0 Å².